The largest absolute Gasteiger partial charge is 0.749 e. The first-order valence-electron chi connectivity index (χ1n) is 6.03. The average Bonchev–Trinajstić information content (AvgIpc) is 2.47. The second-order valence-electron chi connectivity index (χ2n) is 4.23. The summed E-state index contributed by atoms with van der Waals surface area (Å²) in [5, 5.41) is 1.62. The van der Waals surface area contributed by atoms with Gasteiger partial charge in [-0.25, -0.2) is 9.51 Å². The number of aromatic nitrogens is 1. The van der Waals surface area contributed by atoms with Gasteiger partial charge in [0.25, 0.3) is 5.88 Å². The molecule has 0 saturated heterocycles. The van der Waals surface area contributed by atoms with Gasteiger partial charge in [0.2, 0.25) is 0 Å². The standard InChI is InChI=1S/C15H10NO3P/c17-20(18)19-15-13-9-5-4-8-12(13)10-14(16-15)11-6-2-1-3-7-11/h1-10H/p+1. The van der Waals surface area contributed by atoms with Gasteiger partial charge >= 0.3 is 8.25 Å². The molecule has 4 nitrogen and oxygen atoms in total. The van der Waals surface area contributed by atoms with Crippen LogP contribution < -0.4 is 4.52 Å². The first-order chi connectivity index (χ1) is 9.74. The van der Waals surface area contributed by atoms with E-state index in [1.807, 2.05) is 60.7 Å². The fraction of sp³-hybridized carbons (Fsp3) is 0. The predicted octanol–water partition coefficient (Wildman–Crippen LogP) is 3.93. The van der Waals surface area contributed by atoms with Gasteiger partial charge in [0.1, 0.15) is 0 Å². The first kappa shape index (κ1) is 12.7. The molecule has 0 bridgehead atoms. The second-order valence-corrected chi connectivity index (χ2v) is 4.89. The molecule has 0 fully saturated rings. The number of hydrogen-bond donors (Lipinski definition) is 1. The lowest BCUT2D eigenvalue weighted by Crippen LogP contribution is -1.91. The molecule has 5 heteroatoms. The highest BCUT2D eigenvalue weighted by molar-refractivity contribution is 7.32. The Labute approximate surface area is 116 Å². The Morgan fingerprint density at radius 2 is 1.70 bits per heavy atom. The summed E-state index contributed by atoms with van der Waals surface area (Å²) in [6.07, 6.45) is 0. The maximum Gasteiger partial charge on any atom is 0.749 e. The number of pyridine rings is 1. The molecule has 3 aromatic rings. The van der Waals surface area contributed by atoms with Crippen LogP contribution in [0, 0.1) is 0 Å². The lowest BCUT2D eigenvalue weighted by atomic mass is 10.1. The molecule has 0 aliphatic heterocycles. The van der Waals surface area contributed by atoms with E-state index in [0.717, 1.165) is 10.9 Å². The fourth-order valence-corrected chi connectivity index (χ4v) is 2.35. The van der Waals surface area contributed by atoms with Crippen LogP contribution in [0.5, 0.6) is 5.88 Å². The summed E-state index contributed by atoms with van der Waals surface area (Å²) >= 11 is 0. The predicted molar refractivity (Wildman–Crippen MR) is 77.6 cm³/mol. The van der Waals surface area contributed by atoms with Gasteiger partial charge in [0, 0.05) is 15.5 Å². The highest BCUT2D eigenvalue weighted by atomic mass is 31.1. The van der Waals surface area contributed by atoms with E-state index in [2.05, 4.69) is 4.98 Å². The van der Waals surface area contributed by atoms with Crippen molar-refractivity contribution in [1.29, 1.82) is 0 Å². The Morgan fingerprint density at radius 1 is 1.00 bits per heavy atom. The molecule has 98 valence electrons. The Morgan fingerprint density at radius 3 is 2.45 bits per heavy atom. The van der Waals surface area contributed by atoms with Gasteiger partial charge in [-0.3, -0.25) is 0 Å². The third kappa shape index (κ3) is 2.52. The molecule has 1 N–H and O–H groups in total. The van der Waals surface area contributed by atoms with E-state index in [1.54, 1.807) is 0 Å². The van der Waals surface area contributed by atoms with E-state index < -0.39 is 8.25 Å². The number of fused-ring (bicyclic) bond motifs is 1. The first-order valence-corrected chi connectivity index (χ1v) is 7.16. The van der Waals surface area contributed by atoms with Crippen molar-refractivity contribution in [1.82, 2.24) is 4.98 Å². The van der Waals surface area contributed by atoms with E-state index in [-0.39, 0.29) is 5.88 Å². The van der Waals surface area contributed by atoms with Gasteiger partial charge in [0.15, 0.2) is 0 Å². The third-order valence-electron chi connectivity index (χ3n) is 2.94. The van der Waals surface area contributed by atoms with Crippen LogP contribution in [0.15, 0.2) is 60.7 Å². The molecule has 0 aliphatic carbocycles. The number of hydrogen-bond acceptors (Lipinski definition) is 3. The van der Waals surface area contributed by atoms with Gasteiger partial charge in [0.05, 0.1) is 5.69 Å². The van der Waals surface area contributed by atoms with Gasteiger partial charge < -0.3 is 0 Å². The summed E-state index contributed by atoms with van der Waals surface area (Å²) < 4.78 is 15.9. The minimum atomic E-state index is -2.74. The van der Waals surface area contributed by atoms with Crippen molar-refractivity contribution >= 4 is 19.0 Å². The van der Waals surface area contributed by atoms with Crippen molar-refractivity contribution in [2.45, 2.75) is 0 Å². The number of nitrogens with zero attached hydrogens (tertiary/aromatic N) is 1. The van der Waals surface area contributed by atoms with E-state index >= 15 is 0 Å². The Bertz CT molecular complexity index is 774. The minimum Gasteiger partial charge on any atom is -0.208 e. The third-order valence-corrected chi connectivity index (χ3v) is 3.27. The molecule has 2 aromatic carbocycles. The molecule has 0 radical (unpaired) electrons. The maximum atomic E-state index is 10.9. The van der Waals surface area contributed by atoms with E-state index in [4.69, 9.17) is 9.42 Å². The summed E-state index contributed by atoms with van der Waals surface area (Å²) in [7, 11) is -2.74. The molecule has 1 heterocycles. The zero-order valence-electron chi connectivity index (χ0n) is 10.4. The normalized spacial score (nSPS) is 11.3. The SMILES string of the molecule is O=[P+](O)Oc1nc(-c2ccccc2)cc2ccccc12. The van der Waals surface area contributed by atoms with Crippen LogP contribution in [-0.4, -0.2) is 9.88 Å². The molecule has 0 amide bonds. The zero-order valence-corrected chi connectivity index (χ0v) is 11.3. The molecule has 3 rings (SSSR count). The smallest absolute Gasteiger partial charge is 0.208 e. The summed E-state index contributed by atoms with van der Waals surface area (Å²) in [4.78, 5) is 13.3. The van der Waals surface area contributed by atoms with Crippen LogP contribution >= 0.6 is 8.25 Å². The van der Waals surface area contributed by atoms with Crippen molar-refractivity contribution in [3.63, 3.8) is 0 Å². The maximum absolute atomic E-state index is 10.9. The molecule has 0 spiro atoms. The second kappa shape index (κ2) is 5.37. The Kier molecular flexibility index (Phi) is 3.42. The molecule has 20 heavy (non-hydrogen) atoms. The molecular weight excluding hydrogens is 273 g/mol. The Hall–Kier alpha value is -2.29. The summed E-state index contributed by atoms with van der Waals surface area (Å²) in [6, 6.07) is 19.0. The Balaban J connectivity index is 2.22. The summed E-state index contributed by atoms with van der Waals surface area (Å²) in [5.74, 6) is 0.172. The molecule has 1 unspecified atom stereocenters. The monoisotopic (exact) mass is 284 g/mol. The van der Waals surface area contributed by atoms with Crippen molar-refractivity contribution in [2.75, 3.05) is 0 Å². The van der Waals surface area contributed by atoms with Crippen LogP contribution in [0.1, 0.15) is 0 Å². The molecule has 0 saturated carbocycles. The highest BCUT2D eigenvalue weighted by Gasteiger charge is 2.19. The van der Waals surface area contributed by atoms with Gasteiger partial charge in [-0.15, -0.1) is 4.89 Å². The molecule has 1 aromatic heterocycles. The number of rotatable bonds is 3. The van der Waals surface area contributed by atoms with Gasteiger partial charge in [-0.1, -0.05) is 48.5 Å². The van der Waals surface area contributed by atoms with Crippen molar-refractivity contribution < 1.29 is 14.0 Å². The van der Waals surface area contributed by atoms with Gasteiger partial charge in [-0.2, -0.15) is 0 Å². The minimum absolute atomic E-state index is 0.172. The zero-order chi connectivity index (χ0) is 13.9. The lowest BCUT2D eigenvalue weighted by molar-refractivity contribution is 0.406. The molecule has 1 atom stereocenters. The van der Waals surface area contributed by atoms with E-state index in [9.17, 15) is 4.57 Å². The fourth-order valence-electron chi connectivity index (χ4n) is 2.07. The van der Waals surface area contributed by atoms with Crippen LogP contribution in [0.4, 0.5) is 0 Å². The van der Waals surface area contributed by atoms with Crippen LogP contribution in [0.2, 0.25) is 0 Å². The van der Waals surface area contributed by atoms with E-state index in [0.29, 0.717) is 11.1 Å². The van der Waals surface area contributed by atoms with Gasteiger partial charge in [-0.05, 0) is 17.5 Å². The topological polar surface area (TPSA) is 59.4 Å². The quantitative estimate of drug-likeness (QED) is 0.740. The van der Waals surface area contributed by atoms with Crippen molar-refractivity contribution in [3.05, 3.63) is 60.7 Å². The van der Waals surface area contributed by atoms with Crippen LogP contribution in [0.3, 0.4) is 0 Å². The van der Waals surface area contributed by atoms with Crippen LogP contribution in [0.25, 0.3) is 22.0 Å². The summed E-state index contributed by atoms with van der Waals surface area (Å²) in [6.45, 7) is 0. The van der Waals surface area contributed by atoms with E-state index in [1.165, 1.54) is 0 Å². The lowest BCUT2D eigenvalue weighted by Gasteiger charge is -2.05. The van der Waals surface area contributed by atoms with Crippen molar-refractivity contribution in [3.8, 4) is 17.1 Å². The number of benzene rings is 2. The van der Waals surface area contributed by atoms with Crippen molar-refractivity contribution in [2.24, 2.45) is 0 Å². The highest BCUT2D eigenvalue weighted by Crippen LogP contribution is 2.32. The average molecular weight is 284 g/mol. The summed E-state index contributed by atoms with van der Waals surface area (Å²) in [5.41, 5.74) is 1.63. The molecular formula is C15H11NO3P+. The van der Waals surface area contributed by atoms with Crippen LogP contribution in [-0.2, 0) is 4.57 Å². The molecule has 0 aliphatic rings.